The summed E-state index contributed by atoms with van der Waals surface area (Å²) in [5.74, 6) is -0.367. The minimum absolute atomic E-state index is 0.0925. The average molecular weight is 302 g/mol. The highest BCUT2D eigenvalue weighted by molar-refractivity contribution is 5.88. The molecule has 0 bridgehead atoms. The summed E-state index contributed by atoms with van der Waals surface area (Å²) in [5, 5.41) is 0. The van der Waals surface area contributed by atoms with E-state index in [2.05, 4.69) is 4.98 Å². The maximum Gasteiger partial charge on any atom is 0.406 e. The zero-order valence-corrected chi connectivity index (χ0v) is 11.5. The van der Waals surface area contributed by atoms with Crippen LogP contribution in [0, 0.1) is 0 Å². The average Bonchev–Trinajstić information content (AvgIpc) is 2.66. The Labute approximate surface area is 120 Å². The lowest BCUT2D eigenvalue weighted by Crippen LogP contribution is -2.20. The molecule has 2 rings (SSSR count). The molecule has 0 N–H and O–H groups in total. The lowest BCUT2D eigenvalue weighted by molar-refractivity contribution is -0.143. The van der Waals surface area contributed by atoms with Crippen molar-refractivity contribution in [1.29, 1.82) is 0 Å². The summed E-state index contributed by atoms with van der Waals surface area (Å²) in [7, 11) is 0. The van der Waals surface area contributed by atoms with E-state index in [-0.39, 0.29) is 12.4 Å². The number of halogens is 3. The first-order chi connectivity index (χ1) is 9.96. The van der Waals surface area contributed by atoms with Crippen molar-refractivity contribution in [1.82, 2.24) is 9.55 Å². The van der Waals surface area contributed by atoms with Crippen molar-refractivity contribution in [2.75, 3.05) is 0 Å². The third-order valence-corrected chi connectivity index (χ3v) is 3.29. The van der Waals surface area contributed by atoms with Crippen molar-refractivity contribution in [3.8, 4) is 0 Å². The van der Waals surface area contributed by atoms with Crippen LogP contribution >= 0.6 is 0 Å². The van der Waals surface area contributed by atoms with E-state index < -0.39 is 18.7 Å². The Morgan fingerprint density at radius 1 is 1.33 bits per heavy atom. The van der Waals surface area contributed by atoms with Crippen LogP contribution in [0.1, 0.15) is 37.9 Å². The Balaban J connectivity index is 1.92. The monoisotopic (exact) mass is 302 g/mol. The molecule has 1 aromatic heterocycles. The first-order valence-electron chi connectivity index (χ1n) is 6.88. The lowest BCUT2D eigenvalue weighted by atomic mass is 10.1. The van der Waals surface area contributed by atoms with Gasteiger partial charge >= 0.3 is 12.1 Å². The number of alkyl halides is 3. The van der Waals surface area contributed by atoms with Gasteiger partial charge in [-0.3, -0.25) is 0 Å². The summed E-state index contributed by atoms with van der Waals surface area (Å²) in [6, 6.07) is 0. The molecular formula is C14H17F3N2O2. The molecule has 4 nitrogen and oxygen atoms in total. The van der Waals surface area contributed by atoms with E-state index in [1.165, 1.54) is 12.4 Å². The molecule has 0 atom stereocenters. The van der Waals surface area contributed by atoms with Gasteiger partial charge in [0.15, 0.2) is 0 Å². The van der Waals surface area contributed by atoms with E-state index in [0.29, 0.717) is 12.0 Å². The fourth-order valence-corrected chi connectivity index (χ4v) is 2.24. The molecule has 0 fully saturated rings. The molecule has 1 heterocycles. The molecule has 0 aliphatic heterocycles. The Hall–Kier alpha value is -1.79. The van der Waals surface area contributed by atoms with Crippen LogP contribution < -0.4 is 0 Å². The highest BCUT2D eigenvalue weighted by atomic mass is 19.4. The molecule has 0 saturated heterocycles. The predicted octanol–water partition coefficient (Wildman–Crippen LogP) is 3.38. The van der Waals surface area contributed by atoms with E-state index in [1.807, 2.05) is 6.08 Å². The van der Waals surface area contributed by atoms with Crippen LogP contribution in [0.4, 0.5) is 13.2 Å². The van der Waals surface area contributed by atoms with Gasteiger partial charge in [-0.15, -0.1) is 0 Å². The number of carbonyl (C=O) groups is 1. The molecule has 1 aliphatic rings. The quantitative estimate of drug-likeness (QED) is 0.801. The summed E-state index contributed by atoms with van der Waals surface area (Å²) >= 11 is 0. The number of imidazole rings is 1. The SMILES string of the molecule is O=C(OCc1nccn1CC(F)(F)F)C1=CCCCCC1. The number of aromatic nitrogens is 2. The first kappa shape index (κ1) is 15.6. The molecule has 7 heteroatoms. The largest absolute Gasteiger partial charge is 0.454 e. The number of nitrogens with zero attached hydrogens (tertiary/aromatic N) is 2. The Bertz CT molecular complexity index is 521. The van der Waals surface area contributed by atoms with Gasteiger partial charge in [0.25, 0.3) is 0 Å². The van der Waals surface area contributed by atoms with Crippen LogP contribution in [0.3, 0.4) is 0 Å². The van der Waals surface area contributed by atoms with Crippen LogP contribution in [-0.2, 0) is 22.7 Å². The molecule has 21 heavy (non-hydrogen) atoms. The molecule has 1 aromatic rings. The normalized spacial score (nSPS) is 16.2. The van der Waals surface area contributed by atoms with Crippen molar-refractivity contribution >= 4 is 5.97 Å². The van der Waals surface area contributed by atoms with Gasteiger partial charge in [0.2, 0.25) is 0 Å². The predicted molar refractivity (Wildman–Crippen MR) is 69.2 cm³/mol. The summed E-state index contributed by atoms with van der Waals surface area (Å²) in [4.78, 5) is 15.7. The minimum Gasteiger partial charge on any atom is -0.454 e. The maximum absolute atomic E-state index is 12.4. The van der Waals surface area contributed by atoms with Crippen molar-refractivity contribution in [3.05, 3.63) is 29.9 Å². The van der Waals surface area contributed by atoms with Gasteiger partial charge in [-0.25, -0.2) is 9.78 Å². The number of hydrogen-bond donors (Lipinski definition) is 0. The smallest absolute Gasteiger partial charge is 0.406 e. The molecule has 0 spiro atoms. The minimum atomic E-state index is -4.33. The topological polar surface area (TPSA) is 44.1 Å². The third-order valence-electron chi connectivity index (χ3n) is 3.29. The van der Waals surface area contributed by atoms with Crippen molar-refractivity contribution in [2.24, 2.45) is 0 Å². The van der Waals surface area contributed by atoms with Gasteiger partial charge in [0.1, 0.15) is 19.0 Å². The number of ether oxygens (including phenoxy) is 1. The molecule has 0 unspecified atom stereocenters. The van der Waals surface area contributed by atoms with Crippen LogP contribution in [0.5, 0.6) is 0 Å². The highest BCUT2D eigenvalue weighted by Crippen LogP contribution is 2.20. The van der Waals surface area contributed by atoms with Crippen molar-refractivity contribution in [2.45, 2.75) is 51.4 Å². The van der Waals surface area contributed by atoms with Gasteiger partial charge in [-0.2, -0.15) is 13.2 Å². The summed E-state index contributed by atoms with van der Waals surface area (Å²) in [6.07, 6.45) is 4.57. The third kappa shape index (κ3) is 4.91. The van der Waals surface area contributed by atoms with Crippen molar-refractivity contribution < 1.29 is 22.7 Å². The molecular weight excluding hydrogens is 285 g/mol. The Kier molecular flexibility index (Phi) is 5.03. The standard InChI is InChI=1S/C14H17F3N2O2/c15-14(16,17)10-19-8-7-18-12(19)9-21-13(20)11-5-3-1-2-4-6-11/h5,7-8H,1-4,6,9-10H2. The second kappa shape index (κ2) is 6.78. The molecule has 0 saturated carbocycles. The first-order valence-corrected chi connectivity index (χ1v) is 6.88. The van der Waals surface area contributed by atoms with Gasteiger partial charge in [0, 0.05) is 18.0 Å². The van der Waals surface area contributed by atoms with Crippen LogP contribution in [0.25, 0.3) is 0 Å². The number of allylic oxidation sites excluding steroid dienone is 1. The van der Waals surface area contributed by atoms with Gasteiger partial charge in [-0.1, -0.05) is 12.5 Å². The molecule has 1 aliphatic carbocycles. The Morgan fingerprint density at radius 3 is 2.90 bits per heavy atom. The maximum atomic E-state index is 12.4. The number of hydrogen-bond acceptors (Lipinski definition) is 3. The second-order valence-corrected chi connectivity index (χ2v) is 4.99. The summed E-state index contributed by atoms with van der Waals surface area (Å²) in [6.45, 7) is -1.39. The van der Waals surface area contributed by atoms with E-state index in [9.17, 15) is 18.0 Å². The van der Waals surface area contributed by atoms with Gasteiger partial charge in [-0.05, 0) is 25.7 Å². The number of esters is 1. The van der Waals surface area contributed by atoms with E-state index >= 15 is 0 Å². The van der Waals surface area contributed by atoms with Gasteiger partial charge in [0.05, 0.1) is 0 Å². The van der Waals surface area contributed by atoms with E-state index in [1.54, 1.807) is 0 Å². The molecule has 116 valence electrons. The second-order valence-electron chi connectivity index (χ2n) is 4.99. The highest BCUT2D eigenvalue weighted by Gasteiger charge is 2.29. The van der Waals surface area contributed by atoms with Crippen molar-refractivity contribution in [3.63, 3.8) is 0 Å². The summed E-state index contributed by atoms with van der Waals surface area (Å²) in [5.41, 5.74) is 0.612. The van der Waals surface area contributed by atoms with Crippen LogP contribution in [0.2, 0.25) is 0 Å². The van der Waals surface area contributed by atoms with E-state index in [0.717, 1.165) is 30.3 Å². The number of rotatable bonds is 4. The molecule has 0 amide bonds. The number of carbonyl (C=O) groups excluding carboxylic acids is 1. The van der Waals surface area contributed by atoms with Gasteiger partial charge < -0.3 is 9.30 Å². The summed E-state index contributed by atoms with van der Waals surface area (Å²) < 4.78 is 43.1. The zero-order chi connectivity index (χ0) is 15.3. The Morgan fingerprint density at radius 2 is 2.14 bits per heavy atom. The van der Waals surface area contributed by atoms with E-state index in [4.69, 9.17) is 4.74 Å². The fourth-order valence-electron chi connectivity index (χ4n) is 2.24. The van der Waals surface area contributed by atoms with Crippen LogP contribution in [0.15, 0.2) is 24.0 Å². The molecule has 0 aromatic carbocycles. The fraction of sp³-hybridized carbons (Fsp3) is 0.571. The lowest BCUT2D eigenvalue weighted by Gasteiger charge is -2.11. The van der Waals surface area contributed by atoms with Crippen LogP contribution in [-0.4, -0.2) is 21.7 Å². The zero-order valence-electron chi connectivity index (χ0n) is 11.5. The molecule has 0 radical (unpaired) electrons.